The van der Waals surface area contributed by atoms with E-state index in [1.54, 1.807) is 11.8 Å². The highest BCUT2D eigenvalue weighted by molar-refractivity contribution is 7.99. The number of Topliss-reactive ketones (excluding diaryl/α,β-unsaturated/α-hetero) is 1. The van der Waals surface area contributed by atoms with Crippen LogP contribution in [0.1, 0.15) is 25.7 Å². The van der Waals surface area contributed by atoms with E-state index in [-0.39, 0.29) is 0 Å². The fourth-order valence-corrected chi connectivity index (χ4v) is 3.32. The average molecular weight is 258 g/mol. The molecule has 1 aromatic heterocycles. The molecule has 1 saturated carbocycles. The summed E-state index contributed by atoms with van der Waals surface area (Å²) in [4.78, 5) is 11.2. The SMILES string of the molecule is O=C1CCC(Sc2cc3ccccc3nn2)CC1. The Morgan fingerprint density at radius 2 is 1.89 bits per heavy atom. The number of rotatable bonds is 2. The van der Waals surface area contributed by atoms with Crippen LogP contribution in [-0.2, 0) is 4.79 Å². The lowest BCUT2D eigenvalue weighted by Crippen LogP contribution is -2.15. The Morgan fingerprint density at radius 3 is 2.72 bits per heavy atom. The van der Waals surface area contributed by atoms with Crippen molar-refractivity contribution in [2.45, 2.75) is 36.0 Å². The van der Waals surface area contributed by atoms with E-state index in [0.717, 1.165) is 41.6 Å². The van der Waals surface area contributed by atoms with E-state index >= 15 is 0 Å². The molecule has 0 saturated heterocycles. The molecule has 1 aliphatic carbocycles. The number of benzene rings is 1. The number of fused-ring (bicyclic) bond motifs is 1. The summed E-state index contributed by atoms with van der Waals surface area (Å²) in [7, 11) is 0. The molecule has 18 heavy (non-hydrogen) atoms. The van der Waals surface area contributed by atoms with Crippen molar-refractivity contribution in [3.05, 3.63) is 30.3 Å². The van der Waals surface area contributed by atoms with Crippen molar-refractivity contribution >= 4 is 28.4 Å². The van der Waals surface area contributed by atoms with Gasteiger partial charge in [0.25, 0.3) is 0 Å². The van der Waals surface area contributed by atoms with Gasteiger partial charge in [-0.2, -0.15) is 0 Å². The van der Waals surface area contributed by atoms with Crippen molar-refractivity contribution in [3.63, 3.8) is 0 Å². The van der Waals surface area contributed by atoms with Crippen LogP contribution < -0.4 is 0 Å². The lowest BCUT2D eigenvalue weighted by Gasteiger charge is -2.19. The molecule has 0 amide bonds. The molecule has 1 aromatic carbocycles. The minimum Gasteiger partial charge on any atom is -0.300 e. The predicted molar refractivity (Wildman–Crippen MR) is 72.7 cm³/mol. The first-order chi connectivity index (χ1) is 8.81. The highest BCUT2D eigenvalue weighted by Gasteiger charge is 2.20. The van der Waals surface area contributed by atoms with E-state index < -0.39 is 0 Å². The molecular formula is C14H14N2OS. The molecular weight excluding hydrogens is 244 g/mol. The molecule has 92 valence electrons. The Morgan fingerprint density at radius 1 is 1.11 bits per heavy atom. The number of carbonyl (C=O) groups is 1. The smallest absolute Gasteiger partial charge is 0.132 e. The van der Waals surface area contributed by atoms with Crippen LogP contribution >= 0.6 is 11.8 Å². The molecule has 3 rings (SSSR count). The van der Waals surface area contributed by atoms with Crippen molar-refractivity contribution in [2.24, 2.45) is 0 Å². The van der Waals surface area contributed by atoms with Gasteiger partial charge in [0.05, 0.1) is 5.52 Å². The largest absolute Gasteiger partial charge is 0.300 e. The van der Waals surface area contributed by atoms with E-state index in [4.69, 9.17) is 0 Å². The van der Waals surface area contributed by atoms with Gasteiger partial charge in [0.2, 0.25) is 0 Å². The Balaban J connectivity index is 1.76. The zero-order valence-corrected chi connectivity index (χ0v) is 10.8. The first kappa shape index (κ1) is 11.7. The van der Waals surface area contributed by atoms with Gasteiger partial charge in [-0.05, 0) is 25.0 Å². The molecule has 4 heteroatoms. The third-order valence-electron chi connectivity index (χ3n) is 3.25. The minimum atomic E-state index is 0.399. The second-order valence-electron chi connectivity index (χ2n) is 4.60. The molecule has 0 bridgehead atoms. The zero-order valence-electron chi connectivity index (χ0n) is 10.0. The van der Waals surface area contributed by atoms with Gasteiger partial charge in [-0.1, -0.05) is 18.2 Å². The lowest BCUT2D eigenvalue weighted by molar-refractivity contribution is -0.120. The van der Waals surface area contributed by atoms with Crippen molar-refractivity contribution in [1.82, 2.24) is 10.2 Å². The van der Waals surface area contributed by atoms with Crippen LogP contribution in [0.15, 0.2) is 35.4 Å². The molecule has 0 atom stereocenters. The average Bonchev–Trinajstić information content (AvgIpc) is 2.41. The van der Waals surface area contributed by atoms with Crippen molar-refractivity contribution in [3.8, 4) is 0 Å². The van der Waals surface area contributed by atoms with Crippen molar-refractivity contribution in [1.29, 1.82) is 0 Å². The maximum atomic E-state index is 11.2. The summed E-state index contributed by atoms with van der Waals surface area (Å²) in [5.74, 6) is 0.399. The molecule has 0 N–H and O–H groups in total. The summed E-state index contributed by atoms with van der Waals surface area (Å²) < 4.78 is 0. The third kappa shape index (κ3) is 2.53. The van der Waals surface area contributed by atoms with Crippen LogP contribution in [-0.4, -0.2) is 21.2 Å². The zero-order chi connectivity index (χ0) is 12.4. The molecule has 1 aliphatic rings. The number of hydrogen-bond acceptors (Lipinski definition) is 4. The molecule has 3 nitrogen and oxygen atoms in total. The third-order valence-corrected chi connectivity index (χ3v) is 4.50. The summed E-state index contributed by atoms with van der Waals surface area (Å²) in [5.41, 5.74) is 0.931. The number of carbonyl (C=O) groups excluding carboxylic acids is 1. The fraction of sp³-hybridized carbons (Fsp3) is 0.357. The number of nitrogens with zero attached hydrogens (tertiary/aromatic N) is 2. The molecule has 0 unspecified atom stereocenters. The van der Waals surface area contributed by atoms with Gasteiger partial charge in [0.1, 0.15) is 10.8 Å². The predicted octanol–water partition coefficient (Wildman–Crippen LogP) is 3.23. The second kappa shape index (κ2) is 5.06. The molecule has 0 radical (unpaired) electrons. The Hall–Kier alpha value is -1.42. The summed E-state index contributed by atoms with van der Waals surface area (Å²) in [6.07, 6.45) is 3.38. The molecule has 0 aliphatic heterocycles. The molecule has 2 aromatic rings. The Kier molecular flexibility index (Phi) is 3.28. The topological polar surface area (TPSA) is 42.9 Å². The highest BCUT2D eigenvalue weighted by Crippen LogP contribution is 2.32. The van der Waals surface area contributed by atoms with Crippen LogP contribution in [0.5, 0.6) is 0 Å². The second-order valence-corrected chi connectivity index (χ2v) is 5.92. The van der Waals surface area contributed by atoms with E-state index in [9.17, 15) is 4.79 Å². The maximum absolute atomic E-state index is 11.2. The fourth-order valence-electron chi connectivity index (χ4n) is 2.23. The van der Waals surface area contributed by atoms with E-state index in [1.165, 1.54) is 0 Å². The summed E-state index contributed by atoms with van der Waals surface area (Å²) in [6.45, 7) is 0. The molecule has 1 heterocycles. The number of hydrogen-bond donors (Lipinski definition) is 0. The normalized spacial score (nSPS) is 17.2. The first-order valence-electron chi connectivity index (χ1n) is 6.22. The Bertz CT molecular complexity index is 575. The highest BCUT2D eigenvalue weighted by atomic mass is 32.2. The van der Waals surface area contributed by atoms with Gasteiger partial charge in [-0.3, -0.25) is 4.79 Å². The van der Waals surface area contributed by atoms with Crippen LogP contribution in [0.25, 0.3) is 10.9 Å². The van der Waals surface area contributed by atoms with Gasteiger partial charge >= 0.3 is 0 Å². The van der Waals surface area contributed by atoms with Crippen LogP contribution in [0, 0.1) is 0 Å². The molecule has 0 spiro atoms. The van der Waals surface area contributed by atoms with E-state index in [0.29, 0.717) is 11.0 Å². The summed E-state index contributed by atoms with van der Waals surface area (Å²) in [5, 5.41) is 11.1. The summed E-state index contributed by atoms with van der Waals surface area (Å²) in [6, 6.07) is 10.1. The lowest BCUT2D eigenvalue weighted by atomic mass is 9.99. The number of thioether (sulfide) groups is 1. The van der Waals surface area contributed by atoms with E-state index in [2.05, 4.69) is 22.3 Å². The standard InChI is InChI=1S/C14H14N2OS/c17-11-5-7-12(8-6-11)18-14-9-10-3-1-2-4-13(10)15-16-14/h1-4,9,12H,5-8H2. The van der Waals surface area contributed by atoms with Crippen molar-refractivity contribution in [2.75, 3.05) is 0 Å². The quantitative estimate of drug-likeness (QED) is 0.829. The first-order valence-corrected chi connectivity index (χ1v) is 7.10. The maximum Gasteiger partial charge on any atom is 0.132 e. The molecule has 1 fully saturated rings. The van der Waals surface area contributed by atoms with Gasteiger partial charge < -0.3 is 0 Å². The van der Waals surface area contributed by atoms with E-state index in [1.807, 2.05) is 18.2 Å². The van der Waals surface area contributed by atoms with Crippen LogP contribution in [0.4, 0.5) is 0 Å². The van der Waals surface area contributed by atoms with Crippen molar-refractivity contribution < 1.29 is 4.79 Å². The van der Waals surface area contributed by atoms with Gasteiger partial charge in [-0.25, -0.2) is 0 Å². The van der Waals surface area contributed by atoms with Gasteiger partial charge in [-0.15, -0.1) is 22.0 Å². The monoisotopic (exact) mass is 258 g/mol. The van der Waals surface area contributed by atoms with Crippen LogP contribution in [0.3, 0.4) is 0 Å². The number of aromatic nitrogens is 2. The Labute approximate surface area is 110 Å². The van der Waals surface area contributed by atoms with Gasteiger partial charge in [0.15, 0.2) is 0 Å². The summed E-state index contributed by atoms with van der Waals surface area (Å²) >= 11 is 1.76. The number of ketones is 1. The van der Waals surface area contributed by atoms with Gasteiger partial charge in [0, 0.05) is 23.5 Å². The van der Waals surface area contributed by atoms with Crippen LogP contribution in [0.2, 0.25) is 0 Å². The minimum absolute atomic E-state index is 0.399.